The Kier molecular flexibility index (Phi) is 7.50. The number of hydrogen-bond donors (Lipinski definition) is 0. The highest BCUT2D eigenvalue weighted by Crippen LogP contribution is 2.38. The molecule has 28 heavy (non-hydrogen) atoms. The van der Waals surface area contributed by atoms with Crippen LogP contribution in [0.5, 0.6) is 5.75 Å². The Labute approximate surface area is 178 Å². The summed E-state index contributed by atoms with van der Waals surface area (Å²) in [5.74, 6) is -1.63. The summed E-state index contributed by atoms with van der Waals surface area (Å²) >= 11 is 10.2. The van der Waals surface area contributed by atoms with Gasteiger partial charge in [0.05, 0.1) is 28.6 Å². The van der Waals surface area contributed by atoms with Gasteiger partial charge in [-0.15, -0.1) is 0 Å². The minimum atomic E-state index is -1.03. The normalized spacial score (nSPS) is 16.3. The van der Waals surface area contributed by atoms with E-state index in [1.807, 2.05) is 0 Å². The second kappa shape index (κ2) is 9.44. The van der Waals surface area contributed by atoms with E-state index < -0.39 is 29.1 Å². The van der Waals surface area contributed by atoms with Crippen LogP contribution in [0.25, 0.3) is 6.08 Å². The van der Waals surface area contributed by atoms with Gasteiger partial charge in [0, 0.05) is 0 Å². The number of carbonyl (C=O) groups excluding carboxylic acids is 4. The lowest BCUT2D eigenvalue weighted by Crippen LogP contribution is -2.42. The van der Waals surface area contributed by atoms with Crippen molar-refractivity contribution in [3.05, 3.63) is 32.1 Å². The van der Waals surface area contributed by atoms with Crippen molar-refractivity contribution in [1.82, 2.24) is 4.90 Å². The van der Waals surface area contributed by atoms with Gasteiger partial charge >= 0.3 is 11.9 Å². The largest absolute Gasteiger partial charge is 0.479 e. The average molecular weight is 493 g/mol. The van der Waals surface area contributed by atoms with E-state index in [1.54, 1.807) is 6.07 Å². The van der Waals surface area contributed by atoms with Crippen molar-refractivity contribution in [1.29, 1.82) is 0 Å². The van der Waals surface area contributed by atoms with Gasteiger partial charge in [0.15, 0.2) is 12.4 Å². The third-order valence-corrected chi connectivity index (χ3v) is 5.39. The van der Waals surface area contributed by atoms with Crippen molar-refractivity contribution in [2.75, 3.05) is 20.8 Å². The van der Waals surface area contributed by atoms with Gasteiger partial charge in [-0.2, -0.15) is 0 Å². The van der Waals surface area contributed by atoms with Crippen molar-refractivity contribution in [3.63, 3.8) is 0 Å². The molecule has 0 spiro atoms. The van der Waals surface area contributed by atoms with Crippen LogP contribution in [-0.2, 0) is 23.9 Å². The first-order valence-electron chi connectivity index (χ1n) is 7.73. The van der Waals surface area contributed by atoms with Crippen LogP contribution >= 0.6 is 39.3 Å². The van der Waals surface area contributed by atoms with Gasteiger partial charge in [0.25, 0.3) is 11.1 Å². The lowest BCUT2D eigenvalue weighted by Gasteiger charge is -2.18. The van der Waals surface area contributed by atoms with Crippen LogP contribution in [0, 0.1) is 0 Å². The number of nitrogens with zero attached hydrogens (tertiary/aromatic N) is 1. The van der Waals surface area contributed by atoms with Gasteiger partial charge in [-0.1, -0.05) is 11.6 Å². The van der Waals surface area contributed by atoms with Gasteiger partial charge < -0.3 is 14.2 Å². The fourth-order valence-electron chi connectivity index (χ4n) is 2.23. The summed E-state index contributed by atoms with van der Waals surface area (Å²) < 4.78 is 14.8. The Morgan fingerprint density at radius 1 is 1.29 bits per heavy atom. The van der Waals surface area contributed by atoms with Crippen molar-refractivity contribution in [3.8, 4) is 5.75 Å². The quantitative estimate of drug-likeness (QED) is 0.441. The van der Waals surface area contributed by atoms with Crippen molar-refractivity contribution in [2.24, 2.45) is 0 Å². The van der Waals surface area contributed by atoms with E-state index in [2.05, 4.69) is 25.4 Å². The van der Waals surface area contributed by atoms with E-state index in [0.717, 1.165) is 4.90 Å². The van der Waals surface area contributed by atoms with E-state index in [1.165, 1.54) is 33.3 Å². The van der Waals surface area contributed by atoms with E-state index in [9.17, 15) is 19.2 Å². The van der Waals surface area contributed by atoms with Crippen LogP contribution < -0.4 is 4.74 Å². The molecule has 2 rings (SSSR count). The number of halogens is 2. The Balaban J connectivity index is 2.26. The fraction of sp³-hybridized carbons (Fsp3) is 0.294. The molecule has 0 N–H and O–H groups in total. The standard InChI is InChI=1S/C17H15BrClNO7S/c1-8(16(23)26-3)20-15(22)12(28-17(20)24)6-9-4-10(18)14(11(19)5-9)27-7-13(21)25-2/h4-6,8H,7H2,1-3H3/b12-6+/t8-/m1/s1. The topological polar surface area (TPSA) is 99.2 Å². The van der Waals surface area contributed by atoms with E-state index in [0.29, 0.717) is 21.8 Å². The summed E-state index contributed by atoms with van der Waals surface area (Å²) in [7, 11) is 2.41. The summed E-state index contributed by atoms with van der Waals surface area (Å²) in [5, 5.41) is -0.385. The van der Waals surface area contributed by atoms with Crippen LogP contribution in [0.15, 0.2) is 21.5 Å². The molecule has 1 aliphatic rings. The van der Waals surface area contributed by atoms with E-state index >= 15 is 0 Å². The maximum atomic E-state index is 12.5. The first-order chi connectivity index (χ1) is 13.2. The summed E-state index contributed by atoms with van der Waals surface area (Å²) in [6.45, 7) is 1.09. The van der Waals surface area contributed by atoms with Crippen LogP contribution in [0.2, 0.25) is 5.02 Å². The molecule has 1 atom stereocenters. The molecular formula is C17H15BrClNO7S. The minimum Gasteiger partial charge on any atom is -0.479 e. The summed E-state index contributed by atoms with van der Waals surface area (Å²) in [6, 6.07) is 2.08. The number of carbonyl (C=O) groups is 4. The van der Waals surface area contributed by atoms with Gasteiger partial charge in [-0.25, -0.2) is 9.59 Å². The molecule has 1 fully saturated rings. The van der Waals surface area contributed by atoms with Gasteiger partial charge in [0.1, 0.15) is 6.04 Å². The zero-order valence-corrected chi connectivity index (χ0v) is 18.1. The lowest BCUT2D eigenvalue weighted by atomic mass is 10.2. The number of thioether (sulfide) groups is 1. The van der Waals surface area contributed by atoms with Crippen molar-refractivity contribution >= 4 is 68.5 Å². The maximum absolute atomic E-state index is 12.5. The molecule has 0 bridgehead atoms. The van der Waals surface area contributed by atoms with E-state index in [-0.39, 0.29) is 22.3 Å². The van der Waals surface area contributed by atoms with Crippen LogP contribution in [0.1, 0.15) is 12.5 Å². The third-order valence-electron chi connectivity index (χ3n) is 3.63. The number of methoxy groups -OCH3 is 2. The van der Waals surface area contributed by atoms with E-state index in [4.69, 9.17) is 16.3 Å². The molecule has 1 aromatic carbocycles. The number of imide groups is 1. The highest BCUT2D eigenvalue weighted by Gasteiger charge is 2.41. The highest BCUT2D eigenvalue weighted by molar-refractivity contribution is 9.10. The van der Waals surface area contributed by atoms with Crippen LogP contribution in [-0.4, -0.2) is 54.9 Å². The molecule has 0 saturated carbocycles. The predicted molar refractivity (Wildman–Crippen MR) is 106 cm³/mol. The third kappa shape index (κ3) is 4.86. The Morgan fingerprint density at radius 3 is 2.54 bits per heavy atom. The smallest absolute Gasteiger partial charge is 0.343 e. The lowest BCUT2D eigenvalue weighted by molar-refractivity contribution is -0.148. The number of ether oxygens (including phenoxy) is 3. The second-order valence-electron chi connectivity index (χ2n) is 5.43. The Morgan fingerprint density at radius 2 is 1.96 bits per heavy atom. The van der Waals surface area contributed by atoms with Gasteiger partial charge in [0.2, 0.25) is 0 Å². The summed E-state index contributed by atoms with van der Waals surface area (Å²) in [6.07, 6.45) is 1.47. The van der Waals surface area contributed by atoms with Crippen molar-refractivity contribution < 1.29 is 33.4 Å². The number of hydrogen-bond acceptors (Lipinski definition) is 8. The number of amides is 2. The zero-order chi connectivity index (χ0) is 21.0. The molecule has 1 heterocycles. The molecule has 11 heteroatoms. The SMILES string of the molecule is COC(=O)COc1c(Cl)cc(/C=C2/SC(=O)N([C@H](C)C(=O)OC)C2=O)cc1Br. The number of benzene rings is 1. The predicted octanol–water partition coefficient (Wildman–Crippen LogP) is 3.25. The molecule has 0 radical (unpaired) electrons. The van der Waals surface area contributed by atoms with Gasteiger partial charge in [-0.05, 0) is 58.4 Å². The molecular weight excluding hydrogens is 478 g/mol. The van der Waals surface area contributed by atoms with Crippen molar-refractivity contribution in [2.45, 2.75) is 13.0 Å². The molecule has 0 aliphatic carbocycles. The highest BCUT2D eigenvalue weighted by atomic mass is 79.9. The Hall–Kier alpha value is -2.04. The fourth-order valence-corrected chi connectivity index (χ4v) is 4.13. The molecule has 0 unspecified atom stereocenters. The average Bonchev–Trinajstić information content (AvgIpc) is 2.92. The molecule has 150 valence electrons. The monoisotopic (exact) mass is 491 g/mol. The number of rotatable bonds is 6. The molecule has 1 saturated heterocycles. The molecule has 1 aliphatic heterocycles. The molecule has 8 nitrogen and oxygen atoms in total. The minimum absolute atomic E-state index is 0.131. The molecule has 0 aromatic heterocycles. The first-order valence-corrected chi connectivity index (χ1v) is 9.71. The summed E-state index contributed by atoms with van der Waals surface area (Å²) in [4.78, 5) is 48.5. The first kappa shape index (κ1) is 22.3. The van der Waals surface area contributed by atoms with Crippen LogP contribution in [0.4, 0.5) is 4.79 Å². The Bertz CT molecular complexity index is 850. The summed E-state index contributed by atoms with van der Waals surface area (Å²) in [5.41, 5.74) is 0.513. The second-order valence-corrected chi connectivity index (χ2v) is 7.68. The molecule has 2 amide bonds. The molecule has 1 aromatic rings. The van der Waals surface area contributed by atoms with Crippen LogP contribution in [0.3, 0.4) is 0 Å². The maximum Gasteiger partial charge on any atom is 0.343 e. The zero-order valence-electron chi connectivity index (χ0n) is 15.0. The van der Waals surface area contributed by atoms with Gasteiger partial charge in [-0.3, -0.25) is 14.5 Å². The number of esters is 2.